The molecule has 0 aromatic carbocycles. The fourth-order valence-corrected chi connectivity index (χ4v) is 1.19. The number of hydrogen-bond donors (Lipinski definition) is 0. The van der Waals surface area contributed by atoms with Gasteiger partial charge in [0, 0.05) is 17.8 Å². The van der Waals surface area contributed by atoms with Crippen LogP contribution in [0.3, 0.4) is 0 Å². The highest BCUT2D eigenvalue weighted by molar-refractivity contribution is 9.10. The summed E-state index contributed by atoms with van der Waals surface area (Å²) in [6.07, 6.45) is 1.82. The summed E-state index contributed by atoms with van der Waals surface area (Å²) in [5.41, 5.74) is 2.09. The third-order valence-electron chi connectivity index (χ3n) is 1.39. The fraction of sp³-hybridized carbons (Fsp3) is 0.375. The molecule has 0 amide bonds. The van der Waals surface area contributed by atoms with Crippen LogP contribution in [-0.4, -0.2) is 12.1 Å². The van der Waals surface area contributed by atoms with E-state index in [2.05, 4.69) is 20.9 Å². The van der Waals surface area contributed by atoms with Crippen molar-refractivity contribution in [1.29, 1.82) is 0 Å². The van der Waals surface area contributed by atoms with Crippen molar-refractivity contribution in [1.82, 2.24) is 4.98 Å². The Morgan fingerprint density at radius 1 is 1.64 bits per heavy atom. The van der Waals surface area contributed by atoms with Gasteiger partial charge < -0.3 is 4.74 Å². The molecule has 0 fully saturated rings. The van der Waals surface area contributed by atoms with E-state index in [1.807, 2.05) is 19.2 Å². The van der Waals surface area contributed by atoms with E-state index < -0.39 is 0 Å². The summed E-state index contributed by atoms with van der Waals surface area (Å²) in [7, 11) is 1.67. The number of halogens is 1. The smallest absolute Gasteiger partial charge is 0.0728 e. The molecule has 60 valence electrons. The maximum Gasteiger partial charge on any atom is 0.0728 e. The van der Waals surface area contributed by atoms with Gasteiger partial charge in [0.25, 0.3) is 0 Å². The van der Waals surface area contributed by atoms with Crippen molar-refractivity contribution in [3.05, 3.63) is 28.0 Å². The van der Waals surface area contributed by atoms with E-state index in [1.165, 1.54) is 0 Å². The van der Waals surface area contributed by atoms with Gasteiger partial charge in [0.05, 0.1) is 12.3 Å². The number of pyridine rings is 1. The molecule has 1 aromatic heterocycles. The molecule has 1 rings (SSSR count). The molecule has 1 heterocycles. The number of nitrogens with zero attached hydrogens (tertiary/aromatic N) is 1. The maximum atomic E-state index is 4.96. The number of hydrogen-bond acceptors (Lipinski definition) is 2. The van der Waals surface area contributed by atoms with Crippen molar-refractivity contribution in [2.75, 3.05) is 7.11 Å². The van der Waals surface area contributed by atoms with E-state index in [0.29, 0.717) is 6.61 Å². The Morgan fingerprint density at radius 3 is 2.91 bits per heavy atom. The minimum absolute atomic E-state index is 0.617. The molecule has 0 aliphatic rings. The molecule has 0 saturated carbocycles. The first kappa shape index (κ1) is 8.68. The van der Waals surface area contributed by atoms with E-state index in [-0.39, 0.29) is 0 Å². The lowest BCUT2D eigenvalue weighted by atomic mass is 10.3. The Bertz CT molecular complexity index is 250. The third kappa shape index (κ3) is 2.27. The molecule has 0 N–H and O–H groups in total. The summed E-state index contributed by atoms with van der Waals surface area (Å²) in [6, 6.07) is 2.02. The van der Waals surface area contributed by atoms with Crippen LogP contribution >= 0.6 is 15.9 Å². The molecular weight excluding hydrogens is 206 g/mol. The zero-order valence-electron chi connectivity index (χ0n) is 6.60. The van der Waals surface area contributed by atoms with Crippen LogP contribution in [0.5, 0.6) is 0 Å². The van der Waals surface area contributed by atoms with Gasteiger partial charge in [0.2, 0.25) is 0 Å². The van der Waals surface area contributed by atoms with E-state index >= 15 is 0 Å². The van der Waals surface area contributed by atoms with Gasteiger partial charge in [-0.05, 0) is 34.5 Å². The summed E-state index contributed by atoms with van der Waals surface area (Å²) < 4.78 is 6.00. The number of aryl methyl sites for hydroxylation is 1. The second kappa shape index (κ2) is 3.83. The Hall–Kier alpha value is -0.410. The molecule has 0 aliphatic heterocycles. The lowest BCUT2D eigenvalue weighted by Gasteiger charge is -2.01. The Balaban J connectivity index is 2.86. The molecule has 0 atom stereocenters. The fourth-order valence-electron chi connectivity index (χ4n) is 0.791. The van der Waals surface area contributed by atoms with Gasteiger partial charge in [-0.1, -0.05) is 0 Å². The van der Waals surface area contributed by atoms with Crippen molar-refractivity contribution < 1.29 is 4.74 Å². The summed E-state index contributed by atoms with van der Waals surface area (Å²) in [6.45, 7) is 2.58. The van der Waals surface area contributed by atoms with Crippen molar-refractivity contribution in [2.45, 2.75) is 13.5 Å². The van der Waals surface area contributed by atoms with E-state index in [9.17, 15) is 0 Å². The highest BCUT2D eigenvalue weighted by atomic mass is 79.9. The molecule has 0 saturated heterocycles. The number of rotatable bonds is 2. The second-order valence-electron chi connectivity index (χ2n) is 2.34. The molecule has 0 bridgehead atoms. The lowest BCUT2D eigenvalue weighted by Crippen LogP contribution is -1.90. The van der Waals surface area contributed by atoms with Crippen LogP contribution in [0.25, 0.3) is 0 Å². The SMILES string of the molecule is COCc1cnc(C)c(Br)c1. The van der Waals surface area contributed by atoms with Gasteiger partial charge in [-0.2, -0.15) is 0 Å². The van der Waals surface area contributed by atoms with Crippen LogP contribution in [0, 0.1) is 6.92 Å². The largest absolute Gasteiger partial charge is 0.380 e. The molecule has 1 aromatic rings. The normalized spacial score (nSPS) is 10.1. The van der Waals surface area contributed by atoms with Crippen LogP contribution in [-0.2, 0) is 11.3 Å². The van der Waals surface area contributed by atoms with Crippen LogP contribution in [0.2, 0.25) is 0 Å². The average molecular weight is 216 g/mol. The minimum Gasteiger partial charge on any atom is -0.380 e. The first-order valence-corrected chi connectivity index (χ1v) is 4.13. The van der Waals surface area contributed by atoms with Crippen LogP contribution < -0.4 is 0 Å². The standard InChI is InChI=1S/C8H10BrNO/c1-6-8(9)3-7(4-10-6)5-11-2/h3-4H,5H2,1-2H3. The van der Waals surface area contributed by atoms with Crippen LogP contribution in [0.15, 0.2) is 16.7 Å². The predicted molar refractivity (Wildman–Crippen MR) is 47.4 cm³/mol. The van der Waals surface area contributed by atoms with Gasteiger partial charge >= 0.3 is 0 Å². The zero-order valence-corrected chi connectivity index (χ0v) is 8.18. The summed E-state index contributed by atoms with van der Waals surface area (Å²) in [5.74, 6) is 0. The maximum absolute atomic E-state index is 4.96. The molecular formula is C8H10BrNO. The van der Waals surface area contributed by atoms with Gasteiger partial charge in [0.15, 0.2) is 0 Å². The van der Waals surface area contributed by atoms with Gasteiger partial charge in [-0.25, -0.2) is 0 Å². The molecule has 0 spiro atoms. The second-order valence-corrected chi connectivity index (χ2v) is 3.20. The minimum atomic E-state index is 0.617. The first-order chi connectivity index (χ1) is 5.24. The van der Waals surface area contributed by atoms with Crippen molar-refractivity contribution in [2.24, 2.45) is 0 Å². The summed E-state index contributed by atoms with van der Waals surface area (Å²) in [5, 5.41) is 0. The Morgan fingerprint density at radius 2 is 2.36 bits per heavy atom. The van der Waals surface area contributed by atoms with Crippen LogP contribution in [0.1, 0.15) is 11.3 Å². The molecule has 2 nitrogen and oxygen atoms in total. The van der Waals surface area contributed by atoms with Gasteiger partial charge in [0.1, 0.15) is 0 Å². The highest BCUT2D eigenvalue weighted by Gasteiger charge is 1.97. The molecule has 0 unspecified atom stereocenters. The summed E-state index contributed by atoms with van der Waals surface area (Å²) in [4.78, 5) is 4.17. The van der Waals surface area contributed by atoms with Crippen LogP contribution in [0.4, 0.5) is 0 Å². The first-order valence-electron chi connectivity index (χ1n) is 3.34. The number of aromatic nitrogens is 1. The topological polar surface area (TPSA) is 22.1 Å². The van der Waals surface area contributed by atoms with Crippen molar-refractivity contribution in [3.8, 4) is 0 Å². The molecule has 11 heavy (non-hydrogen) atoms. The molecule has 0 radical (unpaired) electrons. The Labute approximate surface area is 74.7 Å². The highest BCUT2D eigenvalue weighted by Crippen LogP contribution is 2.14. The van der Waals surface area contributed by atoms with Crippen molar-refractivity contribution >= 4 is 15.9 Å². The molecule has 3 heteroatoms. The van der Waals surface area contributed by atoms with Gasteiger partial charge in [-0.15, -0.1) is 0 Å². The Kier molecular flexibility index (Phi) is 3.02. The monoisotopic (exact) mass is 215 g/mol. The predicted octanol–water partition coefficient (Wildman–Crippen LogP) is 2.30. The van der Waals surface area contributed by atoms with E-state index in [1.54, 1.807) is 7.11 Å². The molecule has 0 aliphatic carbocycles. The number of methoxy groups -OCH3 is 1. The van der Waals surface area contributed by atoms with E-state index in [0.717, 1.165) is 15.7 Å². The van der Waals surface area contributed by atoms with Crippen molar-refractivity contribution in [3.63, 3.8) is 0 Å². The third-order valence-corrected chi connectivity index (χ3v) is 2.20. The van der Waals surface area contributed by atoms with E-state index in [4.69, 9.17) is 4.74 Å². The summed E-state index contributed by atoms with van der Waals surface area (Å²) >= 11 is 3.40. The zero-order chi connectivity index (χ0) is 8.27. The lowest BCUT2D eigenvalue weighted by molar-refractivity contribution is 0.184. The number of ether oxygens (including phenoxy) is 1. The average Bonchev–Trinajstić information content (AvgIpc) is 1.98. The quantitative estimate of drug-likeness (QED) is 0.756. The van der Waals surface area contributed by atoms with Gasteiger partial charge in [-0.3, -0.25) is 4.98 Å².